The molecule has 1 N–H and O–H groups in total. The van der Waals surface area contributed by atoms with Crippen LogP contribution in [0.4, 0.5) is 0 Å². The number of benzene rings is 2. The first-order chi connectivity index (χ1) is 13.1. The number of nitrogens with zero attached hydrogens (tertiary/aromatic N) is 1. The van der Waals surface area contributed by atoms with Crippen LogP contribution in [0.25, 0.3) is 0 Å². The van der Waals surface area contributed by atoms with E-state index >= 15 is 0 Å². The first kappa shape index (κ1) is 20.5. The number of ether oxygens (including phenoxy) is 1. The van der Waals surface area contributed by atoms with Crippen LogP contribution in [0.5, 0.6) is 5.75 Å². The van der Waals surface area contributed by atoms with Crippen LogP contribution in [-0.4, -0.2) is 42.5 Å². The standard InChI is InChI=1S/C22H28N2O3/c1-3-15-23-22(26)18(2)24(16-14-19-10-6-4-7-11-19)21(25)17-27-20-12-8-5-9-13-20/h4-13,18H,3,14-17H2,1-2H3,(H,23,26)/t18-/m0/s1. The van der Waals surface area contributed by atoms with Crippen molar-refractivity contribution in [2.45, 2.75) is 32.7 Å². The van der Waals surface area contributed by atoms with Gasteiger partial charge >= 0.3 is 0 Å². The van der Waals surface area contributed by atoms with Crippen LogP contribution in [0, 0.1) is 0 Å². The Hall–Kier alpha value is -2.82. The molecule has 0 aliphatic heterocycles. The third kappa shape index (κ3) is 6.77. The molecule has 144 valence electrons. The summed E-state index contributed by atoms with van der Waals surface area (Å²) >= 11 is 0. The molecule has 2 aromatic carbocycles. The zero-order valence-corrected chi connectivity index (χ0v) is 16.1. The predicted molar refractivity (Wildman–Crippen MR) is 107 cm³/mol. The number of nitrogens with one attached hydrogen (secondary N) is 1. The van der Waals surface area contributed by atoms with Crippen molar-refractivity contribution in [1.29, 1.82) is 0 Å². The zero-order chi connectivity index (χ0) is 19.5. The Labute approximate surface area is 161 Å². The normalized spacial score (nSPS) is 11.5. The van der Waals surface area contributed by atoms with Gasteiger partial charge in [-0.15, -0.1) is 0 Å². The fraction of sp³-hybridized carbons (Fsp3) is 0.364. The van der Waals surface area contributed by atoms with Gasteiger partial charge in [0.2, 0.25) is 5.91 Å². The van der Waals surface area contributed by atoms with Crippen molar-refractivity contribution >= 4 is 11.8 Å². The average Bonchev–Trinajstić information content (AvgIpc) is 2.72. The lowest BCUT2D eigenvalue weighted by Crippen LogP contribution is -2.50. The SMILES string of the molecule is CCCNC(=O)[C@H](C)N(CCc1ccccc1)C(=O)COc1ccccc1. The number of carbonyl (C=O) groups is 2. The lowest BCUT2D eigenvalue weighted by molar-refractivity contribution is -0.141. The largest absolute Gasteiger partial charge is 0.484 e. The van der Waals surface area contributed by atoms with E-state index in [0.717, 1.165) is 12.0 Å². The highest BCUT2D eigenvalue weighted by atomic mass is 16.5. The van der Waals surface area contributed by atoms with Crippen LogP contribution in [0.15, 0.2) is 60.7 Å². The molecule has 0 fully saturated rings. The topological polar surface area (TPSA) is 58.6 Å². The van der Waals surface area contributed by atoms with E-state index in [-0.39, 0.29) is 18.4 Å². The van der Waals surface area contributed by atoms with E-state index in [9.17, 15) is 9.59 Å². The number of amides is 2. The fourth-order valence-electron chi connectivity index (χ4n) is 2.71. The second-order valence-electron chi connectivity index (χ2n) is 6.39. The molecule has 27 heavy (non-hydrogen) atoms. The molecule has 2 rings (SSSR count). The minimum Gasteiger partial charge on any atom is -0.484 e. The third-order valence-corrected chi connectivity index (χ3v) is 4.31. The second kappa shape index (κ2) is 11.0. The number of hydrogen-bond acceptors (Lipinski definition) is 3. The highest BCUT2D eigenvalue weighted by molar-refractivity contribution is 5.87. The Kier molecular flexibility index (Phi) is 8.36. The lowest BCUT2D eigenvalue weighted by Gasteiger charge is -2.28. The van der Waals surface area contributed by atoms with Gasteiger partial charge in [0.1, 0.15) is 11.8 Å². The van der Waals surface area contributed by atoms with Crippen LogP contribution < -0.4 is 10.1 Å². The van der Waals surface area contributed by atoms with Crippen molar-refractivity contribution < 1.29 is 14.3 Å². The van der Waals surface area contributed by atoms with Gasteiger partial charge < -0.3 is 15.0 Å². The summed E-state index contributed by atoms with van der Waals surface area (Å²) < 4.78 is 5.59. The number of para-hydroxylation sites is 1. The summed E-state index contributed by atoms with van der Waals surface area (Å²) in [5.41, 5.74) is 1.13. The van der Waals surface area contributed by atoms with Gasteiger partial charge in [0.15, 0.2) is 6.61 Å². The molecule has 5 nitrogen and oxygen atoms in total. The predicted octanol–water partition coefficient (Wildman–Crippen LogP) is 3.05. The molecule has 2 aromatic rings. The van der Waals surface area contributed by atoms with Crippen molar-refractivity contribution in [2.75, 3.05) is 19.7 Å². The molecule has 0 saturated carbocycles. The van der Waals surface area contributed by atoms with Crippen LogP contribution in [0.1, 0.15) is 25.8 Å². The van der Waals surface area contributed by atoms with Gasteiger partial charge in [-0.1, -0.05) is 55.5 Å². The molecule has 2 amide bonds. The maximum atomic E-state index is 12.8. The molecule has 0 aliphatic rings. The van der Waals surface area contributed by atoms with Gasteiger partial charge in [0.25, 0.3) is 5.91 Å². The zero-order valence-electron chi connectivity index (χ0n) is 16.1. The molecule has 0 unspecified atom stereocenters. The Morgan fingerprint density at radius 1 is 1.04 bits per heavy atom. The molecule has 0 spiro atoms. The molecule has 0 radical (unpaired) electrons. The van der Waals surface area contributed by atoms with Crippen LogP contribution >= 0.6 is 0 Å². The minimum atomic E-state index is -0.549. The van der Waals surface area contributed by atoms with Gasteiger partial charge in [-0.3, -0.25) is 9.59 Å². The Morgan fingerprint density at radius 3 is 2.30 bits per heavy atom. The van der Waals surface area contributed by atoms with E-state index in [4.69, 9.17) is 4.74 Å². The summed E-state index contributed by atoms with van der Waals surface area (Å²) in [6.07, 6.45) is 1.54. The molecular formula is C22H28N2O3. The van der Waals surface area contributed by atoms with Crippen LogP contribution in [-0.2, 0) is 16.0 Å². The minimum absolute atomic E-state index is 0.0931. The molecule has 0 aliphatic carbocycles. The Balaban J connectivity index is 2.02. The van der Waals surface area contributed by atoms with Crippen LogP contribution in [0.2, 0.25) is 0 Å². The fourth-order valence-corrected chi connectivity index (χ4v) is 2.71. The van der Waals surface area contributed by atoms with E-state index in [1.165, 1.54) is 0 Å². The highest BCUT2D eigenvalue weighted by Gasteiger charge is 2.25. The summed E-state index contributed by atoms with van der Waals surface area (Å²) in [6, 6.07) is 18.6. The van der Waals surface area contributed by atoms with Crippen molar-refractivity contribution in [2.24, 2.45) is 0 Å². The molecule has 0 bridgehead atoms. The van der Waals surface area contributed by atoms with Crippen molar-refractivity contribution in [3.8, 4) is 5.75 Å². The maximum absolute atomic E-state index is 12.8. The van der Waals surface area contributed by atoms with E-state index in [0.29, 0.717) is 25.3 Å². The number of rotatable bonds is 10. The van der Waals surface area contributed by atoms with E-state index in [1.807, 2.05) is 55.5 Å². The van der Waals surface area contributed by atoms with E-state index in [2.05, 4.69) is 5.32 Å². The van der Waals surface area contributed by atoms with Gasteiger partial charge in [-0.05, 0) is 37.5 Å². The highest BCUT2D eigenvalue weighted by Crippen LogP contribution is 2.10. The van der Waals surface area contributed by atoms with E-state index < -0.39 is 6.04 Å². The average molecular weight is 368 g/mol. The molecule has 0 saturated heterocycles. The van der Waals surface area contributed by atoms with Gasteiger partial charge in [-0.2, -0.15) is 0 Å². The lowest BCUT2D eigenvalue weighted by atomic mass is 10.1. The molecule has 0 aromatic heterocycles. The summed E-state index contributed by atoms with van der Waals surface area (Å²) in [7, 11) is 0. The molecule has 1 atom stereocenters. The van der Waals surface area contributed by atoms with Crippen molar-refractivity contribution in [1.82, 2.24) is 10.2 Å². The van der Waals surface area contributed by atoms with Gasteiger partial charge in [0.05, 0.1) is 0 Å². The monoisotopic (exact) mass is 368 g/mol. The number of hydrogen-bond donors (Lipinski definition) is 1. The summed E-state index contributed by atoms with van der Waals surface area (Å²) in [5, 5.41) is 2.87. The molecule has 5 heteroatoms. The third-order valence-electron chi connectivity index (χ3n) is 4.31. The Morgan fingerprint density at radius 2 is 1.67 bits per heavy atom. The molecule has 0 heterocycles. The summed E-state index contributed by atoms with van der Waals surface area (Å²) in [6.45, 7) is 4.73. The van der Waals surface area contributed by atoms with Crippen molar-refractivity contribution in [3.63, 3.8) is 0 Å². The van der Waals surface area contributed by atoms with E-state index in [1.54, 1.807) is 24.0 Å². The second-order valence-corrected chi connectivity index (χ2v) is 6.39. The molecular weight excluding hydrogens is 340 g/mol. The van der Waals surface area contributed by atoms with Gasteiger partial charge in [0, 0.05) is 13.1 Å². The van der Waals surface area contributed by atoms with Gasteiger partial charge in [-0.25, -0.2) is 0 Å². The van der Waals surface area contributed by atoms with Crippen molar-refractivity contribution in [3.05, 3.63) is 66.2 Å². The quantitative estimate of drug-likeness (QED) is 0.701. The number of carbonyl (C=O) groups excluding carboxylic acids is 2. The summed E-state index contributed by atoms with van der Waals surface area (Å²) in [5.74, 6) is 0.295. The summed E-state index contributed by atoms with van der Waals surface area (Å²) in [4.78, 5) is 26.8. The first-order valence-electron chi connectivity index (χ1n) is 9.40. The van der Waals surface area contributed by atoms with Crippen LogP contribution in [0.3, 0.4) is 0 Å². The first-order valence-corrected chi connectivity index (χ1v) is 9.40. The Bertz CT molecular complexity index is 704. The maximum Gasteiger partial charge on any atom is 0.261 e. The smallest absolute Gasteiger partial charge is 0.261 e.